The average molecular weight is 430 g/mol. The van der Waals surface area contributed by atoms with Crippen molar-refractivity contribution < 1.29 is 22.4 Å². The van der Waals surface area contributed by atoms with E-state index in [1.165, 1.54) is 11.6 Å². The number of benzene rings is 1. The Morgan fingerprint density at radius 2 is 2.07 bits per heavy atom. The summed E-state index contributed by atoms with van der Waals surface area (Å²) in [7, 11) is 0. The van der Waals surface area contributed by atoms with Crippen LogP contribution in [-0.2, 0) is 6.54 Å². The minimum Gasteiger partial charge on any atom is -0.321 e. The third kappa shape index (κ3) is 5.11. The maximum Gasteiger partial charge on any atom is 0.274 e. The van der Waals surface area contributed by atoms with Crippen molar-refractivity contribution in [3.8, 4) is 0 Å². The van der Waals surface area contributed by atoms with Gasteiger partial charge in [0, 0.05) is 30.0 Å². The Kier molecular flexibility index (Phi) is 6.52. The van der Waals surface area contributed by atoms with E-state index in [0.717, 1.165) is 11.9 Å². The second kappa shape index (κ2) is 8.74. The van der Waals surface area contributed by atoms with E-state index in [1.54, 1.807) is 24.3 Å². The van der Waals surface area contributed by atoms with Crippen LogP contribution in [-0.4, -0.2) is 21.6 Å². The lowest BCUT2D eigenvalue weighted by Gasteiger charge is -2.28. The summed E-state index contributed by atoms with van der Waals surface area (Å²) in [6.07, 6.45) is -2.86. The molecule has 1 amide bonds. The quantitative estimate of drug-likeness (QED) is 0.490. The SMILES string of the molecule is Cc1nn(CC2CCC(F)(F)CC2)c(C(=O)Nc2cccc(SN)c2)c1C(F)F. The average Bonchev–Trinajstić information content (AvgIpc) is 2.99. The fourth-order valence-corrected chi connectivity index (χ4v) is 3.94. The Morgan fingerprint density at radius 3 is 2.69 bits per heavy atom. The van der Waals surface area contributed by atoms with Crippen LogP contribution in [0.5, 0.6) is 0 Å². The molecule has 1 fully saturated rings. The first-order valence-electron chi connectivity index (χ1n) is 9.21. The van der Waals surface area contributed by atoms with Crippen molar-refractivity contribution in [2.45, 2.75) is 56.4 Å². The van der Waals surface area contributed by atoms with Crippen LogP contribution in [0.25, 0.3) is 0 Å². The molecule has 0 spiro atoms. The fraction of sp³-hybridized carbons (Fsp3) is 0.474. The molecule has 1 aliphatic carbocycles. The molecule has 3 rings (SSSR count). The Morgan fingerprint density at radius 1 is 1.38 bits per heavy atom. The number of rotatable bonds is 6. The predicted molar refractivity (Wildman–Crippen MR) is 103 cm³/mol. The number of nitrogens with one attached hydrogen (secondary N) is 1. The predicted octanol–water partition coefficient (Wildman–Crippen LogP) is 5.17. The first-order chi connectivity index (χ1) is 13.7. The van der Waals surface area contributed by atoms with Crippen molar-refractivity contribution in [2.75, 3.05) is 5.32 Å². The molecule has 158 valence electrons. The molecule has 0 atom stereocenters. The highest BCUT2D eigenvalue weighted by Gasteiger charge is 2.36. The molecule has 5 nitrogen and oxygen atoms in total. The second-order valence-corrected chi connectivity index (χ2v) is 7.94. The first-order valence-corrected chi connectivity index (χ1v) is 10.1. The molecule has 1 aliphatic rings. The standard InChI is InChI=1S/C19H22F4N4OS/c1-11-15(17(20)21)16(18(28)25-13-3-2-4-14(9-13)29-24)27(26-11)10-12-5-7-19(22,23)8-6-12/h2-4,9,12,17H,5-8,10,24H2,1H3,(H,25,28). The lowest BCUT2D eigenvalue weighted by Crippen LogP contribution is -2.28. The smallest absolute Gasteiger partial charge is 0.274 e. The number of aryl methyl sites for hydroxylation is 1. The number of hydrogen-bond donors (Lipinski definition) is 2. The van der Waals surface area contributed by atoms with Gasteiger partial charge in [-0.15, -0.1) is 0 Å². The van der Waals surface area contributed by atoms with Gasteiger partial charge in [-0.05, 0) is 55.8 Å². The number of hydrogen-bond acceptors (Lipinski definition) is 4. The van der Waals surface area contributed by atoms with E-state index < -0.39 is 23.8 Å². The minimum absolute atomic E-state index is 0.0533. The third-order valence-corrected chi connectivity index (χ3v) is 5.63. The molecule has 29 heavy (non-hydrogen) atoms. The van der Waals surface area contributed by atoms with E-state index in [2.05, 4.69) is 10.4 Å². The van der Waals surface area contributed by atoms with Crippen LogP contribution in [0.2, 0.25) is 0 Å². The van der Waals surface area contributed by atoms with Gasteiger partial charge in [0.25, 0.3) is 12.3 Å². The molecule has 0 saturated heterocycles. The van der Waals surface area contributed by atoms with Crippen molar-refractivity contribution >= 4 is 23.5 Å². The molecular formula is C19H22F4N4OS. The summed E-state index contributed by atoms with van der Waals surface area (Å²) in [5, 5.41) is 12.2. The van der Waals surface area contributed by atoms with Gasteiger partial charge in [-0.1, -0.05) is 6.07 Å². The number of anilines is 1. The Hall–Kier alpha value is -2.07. The number of carbonyl (C=O) groups is 1. The van der Waals surface area contributed by atoms with Crippen LogP contribution in [0, 0.1) is 12.8 Å². The Labute approximate surface area is 170 Å². The third-order valence-electron chi connectivity index (χ3n) is 5.10. The molecule has 1 heterocycles. The van der Waals surface area contributed by atoms with E-state index in [-0.39, 0.29) is 49.5 Å². The lowest BCUT2D eigenvalue weighted by atomic mass is 9.87. The highest BCUT2D eigenvalue weighted by molar-refractivity contribution is 7.97. The van der Waals surface area contributed by atoms with Crippen LogP contribution in [0.3, 0.4) is 0 Å². The molecule has 2 aromatic rings. The van der Waals surface area contributed by atoms with Crippen LogP contribution < -0.4 is 10.5 Å². The topological polar surface area (TPSA) is 72.9 Å². The van der Waals surface area contributed by atoms with Gasteiger partial charge in [0.05, 0.1) is 11.3 Å². The maximum absolute atomic E-state index is 13.6. The molecule has 3 N–H and O–H groups in total. The van der Waals surface area contributed by atoms with Gasteiger partial charge in [0.2, 0.25) is 5.92 Å². The molecule has 1 saturated carbocycles. The number of halogens is 4. The number of amides is 1. The Bertz CT molecular complexity index is 877. The van der Waals surface area contributed by atoms with Crippen molar-refractivity contribution in [3.05, 3.63) is 41.2 Å². The van der Waals surface area contributed by atoms with Crippen molar-refractivity contribution in [1.82, 2.24) is 9.78 Å². The van der Waals surface area contributed by atoms with Crippen molar-refractivity contribution in [3.63, 3.8) is 0 Å². The summed E-state index contributed by atoms with van der Waals surface area (Å²) in [6, 6.07) is 6.68. The van der Waals surface area contributed by atoms with E-state index in [0.29, 0.717) is 10.6 Å². The molecule has 0 aliphatic heterocycles. The molecule has 0 bridgehead atoms. The molecule has 0 radical (unpaired) electrons. The van der Waals surface area contributed by atoms with Crippen LogP contribution >= 0.6 is 11.9 Å². The van der Waals surface area contributed by atoms with Gasteiger partial charge in [0.15, 0.2) is 0 Å². The van der Waals surface area contributed by atoms with Crippen LogP contribution in [0.1, 0.15) is 53.9 Å². The normalized spacial score (nSPS) is 16.9. The molecule has 10 heteroatoms. The summed E-state index contributed by atoms with van der Waals surface area (Å²) in [5.74, 6) is -3.55. The van der Waals surface area contributed by atoms with Gasteiger partial charge in [-0.2, -0.15) is 5.10 Å². The number of nitrogens with two attached hydrogens (primary N) is 1. The monoisotopic (exact) mass is 430 g/mol. The van der Waals surface area contributed by atoms with Crippen LogP contribution in [0.4, 0.5) is 23.2 Å². The zero-order chi connectivity index (χ0) is 21.2. The van der Waals surface area contributed by atoms with Gasteiger partial charge >= 0.3 is 0 Å². The molecular weight excluding hydrogens is 408 g/mol. The number of carbonyl (C=O) groups excluding carboxylic acids is 1. The van der Waals surface area contributed by atoms with Crippen molar-refractivity contribution in [1.29, 1.82) is 0 Å². The van der Waals surface area contributed by atoms with Gasteiger partial charge in [-0.25, -0.2) is 17.6 Å². The van der Waals surface area contributed by atoms with E-state index in [4.69, 9.17) is 5.14 Å². The summed E-state index contributed by atoms with van der Waals surface area (Å²) in [5.41, 5.74) is -0.209. The van der Waals surface area contributed by atoms with Gasteiger partial charge in [0.1, 0.15) is 5.69 Å². The number of nitrogens with zero attached hydrogens (tertiary/aromatic N) is 2. The summed E-state index contributed by atoms with van der Waals surface area (Å²) in [4.78, 5) is 13.6. The van der Waals surface area contributed by atoms with E-state index >= 15 is 0 Å². The number of alkyl halides is 4. The molecule has 0 unspecified atom stereocenters. The lowest BCUT2D eigenvalue weighted by molar-refractivity contribution is -0.0477. The van der Waals surface area contributed by atoms with Gasteiger partial charge in [-0.3, -0.25) is 14.6 Å². The fourth-order valence-electron chi connectivity index (χ4n) is 3.59. The van der Waals surface area contributed by atoms with Crippen molar-refractivity contribution in [2.24, 2.45) is 11.1 Å². The minimum atomic E-state index is -2.88. The number of aromatic nitrogens is 2. The largest absolute Gasteiger partial charge is 0.321 e. The second-order valence-electron chi connectivity index (χ2n) is 7.23. The summed E-state index contributed by atoms with van der Waals surface area (Å²) >= 11 is 0.994. The Balaban J connectivity index is 1.86. The highest BCUT2D eigenvalue weighted by Crippen LogP contribution is 2.37. The zero-order valence-electron chi connectivity index (χ0n) is 15.8. The zero-order valence-corrected chi connectivity index (χ0v) is 16.6. The molecule has 1 aromatic heterocycles. The molecule has 1 aromatic carbocycles. The summed E-state index contributed by atoms with van der Waals surface area (Å²) < 4.78 is 55.3. The van der Waals surface area contributed by atoms with E-state index in [9.17, 15) is 22.4 Å². The van der Waals surface area contributed by atoms with Crippen LogP contribution in [0.15, 0.2) is 29.2 Å². The maximum atomic E-state index is 13.6. The van der Waals surface area contributed by atoms with Gasteiger partial charge < -0.3 is 5.32 Å². The summed E-state index contributed by atoms with van der Waals surface area (Å²) in [6.45, 7) is 1.56. The van der Waals surface area contributed by atoms with E-state index in [1.807, 2.05) is 0 Å². The highest BCUT2D eigenvalue weighted by atomic mass is 32.2. The first kappa shape index (κ1) is 21.6.